The van der Waals surface area contributed by atoms with E-state index in [2.05, 4.69) is 5.43 Å². The van der Waals surface area contributed by atoms with Crippen LogP contribution < -0.4 is 11.3 Å². The molecule has 0 heterocycles. The van der Waals surface area contributed by atoms with Crippen LogP contribution in [-0.4, -0.2) is 42.4 Å². The number of benzene rings is 1. The van der Waals surface area contributed by atoms with Crippen molar-refractivity contribution >= 4 is 21.4 Å². The summed E-state index contributed by atoms with van der Waals surface area (Å²) < 4.78 is 25.6. The fourth-order valence-electron chi connectivity index (χ4n) is 1.66. The van der Waals surface area contributed by atoms with Crippen LogP contribution in [0.5, 0.6) is 0 Å². The number of hydrogen-bond acceptors (Lipinski definition) is 7. The van der Waals surface area contributed by atoms with E-state index in [4.69, 9.17) is 10.9 Å². The highest BCUT2D eigenvalue weighted by Gasteiger charge is 2.25. The number of nitrogens with one attached hydrogen (secondary N) is 1. The predicted octanol–water partition coefficient (Wildman–Crippen LogP) is -0.117. The van der Waals surface area contributed by atoms with Gasteiger partial charge < -0.3 is 10.5 Å². The number of aliphatic hydroxyl groups excluding tert-OH is 1. The molecule has 0 aliphatic heterocycles. The van der Waals surface area contributed by atoms with Gasteiger partial charge in [0, 0.05) is 19.2 Å². The minimum Gasteiger partial charge on any atom is -0.395 e. The first-order chi connectivity index (χ1) is 9.38. The third-order valence-electron chi connectivity index (χ3n) is 2.66. The normalized spacial score (nSPS) is 11.6. The van der Waals surface area contributed by atoms with Crippen molar-refractivity contribution in [3.05, 3.63) is 28.3 Å². The van der Waals surface area contributed by atoms with Gasteiger partial charge in [0.1, 0.15) is 5.69 Å². The number of nitro benzene ring substituents is 1. The molecule has 0 atom stereocenters. The topological polar surface area (TPSA) is 139 Å². The molecular formula is C10H16N4O5S. The smallest absolute Gasteiger partial charge is 0.293 e. The van der Waals surface area contributed by atoms with E-state index < -0.39 is 14.9 Å². The zero-order chi connectivity index (χ0) is 15.3. The van der Waals surface area contributed by atoms with Crippen molar-refractivity contribution in [3.63, 3.8) is 0 Å². The van der Waals surface area contributed by atoms with Crippen molar-refractivity contribution in [1.29, 1.82) is 0 Å². The largest absolute Gasteiger partial charge is 0.395 e. The highest BCUT2D eigenvalue weighted by atomic mass is 32.2. The monoisotopic (exact) mass is 304 g/mol. The van der Waals surface area contributed by atoms with Gasteiger partial charge in [0.2, 0.25) is 10.0 Å². The lowest BCUT2D eigenvalue weighted by Gasteiger charge is -2.19. The number of anilines is 1. The Morgan fingerprint density at radius 3 is 2.60 bits per heavy atom. The van der Waals surface area contributed by atoms with Crippen molar-refractivity contribution < 1.29 is 18.4 Å². The number of nitrogen functional groups attached to an aromatic ring is 1. The number of likely N-dealkylation sites (N-methyl/N-ethyl adjacent to an activating group) is 1. The van der Waals surface area contributed by atoms with Gasteiger partial charge in [-0.3, -0.25) is 16.0 Å². The minimum absolute atomic E-state index is 0.0544. The van der Waals surface area contributed by atoms with Crippen LogP contribution in [0.25, 0.3) is 0 Å². The van der Waals surface area contributed by atoms with E-state index in [9.17, 15) is 18.5 Å². The molecule has 0 saturated carbocycles. The van der Waals surface area contributed by atoms with Gasteiger partial charge in [-0.2, -0.15) is 4.31 Å². The summed E-state index contributed by atoms with van der Waals surface area (Å²) >= 11 is 0. The Bertz CT molecular complexity index is 589. The summed E-state index contributed by atoms with van der Waals surface area (Å²) in [6.45, 7) is 1.43. The Balaban J connectivity index is 3.29. The van der Waals surface area contributed by atoms with Crippen LogP contribution in [0.2, 0.25) is 0 Å². The number of sulfonamides is 1. The molecule has 4 N–H and O–H groups in total. The molecule has 20 heavy (non-hydrogen) atoms. The van der Waals surface area contributed by atoms with E-state index >= 15 is 0 Å². The summed E-state index contributed by atoms with van der Waals surface area (Å²) in [6, 6.07) is 3.29. The summed E-state index contributed by atoms with van der Waals surface area (Å²) in [7, 11) is -3.83. The van der Waals surface area contributed by atoms with Crippen LogP contribution in [0.1, 0.15) is 6.92 Å². The maximum absolute atomic E-state index is 12.3. The van der Waals surface area contributed by atoms with Gasteiger partial charge in [0.05, 0.1) is 16.4 Å². The van der Waals surface area contributed by atoms with Gasteiger partial charge in [-0.05, 0) is 12.1 Å². The molecule has 0 aromatic heterocycles. The van der Waals surface area contributed by atoms with Crippen LogP contribution in [0.4, 0.5) is 11.4 Å². The van der Waals surface area contributed by atoms with Crippen LogP contribution >= 0.6 is 0 Å². The highest BCUT2D eigenvalue weighted by Crippen LogP contribution is 2.27. The number of rotatable bonds is 7. The second kappa shape index (κ2) is 6.61. The van der Waals surface area contributed by atoms with Gasteiger partial charge >= 0.3 is 0 Å². The lowest BCUT2D eigenvalue weighted by Crippen LogP contribution is -2.33. The Labute approximate surface area is 116 Å². The average molecular weight is 304 g/mol. The third kappa shape index (κ3) is 3.22. The molecule has 112 valence electrons. The number of hydrazine groups is 1. The van der Waals surface area contributed by atoms with E-state index in [1.807, 2.05) is 0 Å². The van der Waals surface area contributed by atoms with Gasteiger partial charge in [0.15, 0.2) is 0 Å². The number of aliphatic hydroxyl groups is 1. The molecule has 0 amide bonds. The molecule has 0 bridgehead atoms. The zero-order valence-electron chi connectivity index (χ0n) is 10.8. The summed E-state index contributed by atoms with van der Waals surface area (Å²) in [4.78, 5) is 9.95. The van der Waals surface area contributed by atoms with Crippen molar-refractivity contribution in [3.8, 4) is 0 Å². The average Bonchev–Trinajstić information content (AvgIpc) is 2.43. The maximum Gasteiger partial charge on any atom is 0.293 e. The van der Waals surface area contributed by atoms with Crippen LogP contribution in [0, 0.1) is 10.1 Å². The number of hydrogen-bond donors (Lipinski definition) is 3. The first-order valence-electron chi connectivity index (χ1n) is 5.74. The van der Waals surface area contributed by atoms with Gasteiger partial charge in [-0.1, -0.05) is 6.92 Å². The van der Waals surface area contributed by atoms with Gasteiger partial charge in [-0.25, -0.2) is 8.42 Å². The molecule has 1 rings (SSSR count). The molecule has 0 fully saturated rings. The molecule has 0 spiro atoms. The van der Waals surface area contributed by atoms with Crippen molar-refractivity contribution in [2.75, 3.05) is 25.1 Å². The number of nitro groups is 1. The molecule has 0 radical (unpaired) electrons. The lowest BCUT2D eigenvalue weighted by atomic mass is 10.3. The Kier molecular flexibility index (Phi) is 5.39. The quantitative estimate of drug-likeness (QED) is 0.362. The standard InChI is InChI=1S/C10H16N4O5S/c1-2-13(5-6-15)20(18,19)8-3-4-10(14(16)17)9(7-8)12-11/h3-4,7,12,15H,2,5-6,11H2,1H3. The van der Waals surface area contributed by atoms with Gasteiger partial charge in [0.25, 0.3) is 5.69 Å². The van der Waals surface area contributed by atoms with Crippen LogP contribution in [-0.2, 0) is 10.0 Å². The van der Waals surface area contributed by atoms with E-state index in [0.717, 1.165) is 22.5 Å². The van der Waals surface area contributed by atoms with E-state index in [1.165, 1.54) is 0 Å². The Morgan fingerprint density at radius 1 is 1.50 bits per heavy atom. The first-order valence-corrected chi connectivity index (χ1v) is 7.18. The molecule has 0 unspecified atom stereocenters. The lowest BCUT2D eigenvalue weighted by molar-refractivity contribution is -0.384. The van der Waals surface area contributed by atoms with Crippen molar-refractivity contribution in [2.45, 2.75) is 11.8 Å². The van der Waals surface area contributed by atoms with Crippen LogP contribution in [0.3, 0.4) is 0 Å². The Morgan fingerprint density at radius 2 is 2.15 bits per heavy atom. The predicted molar refractivity (Wildman–Crippen MR) is 72.4 cm³/mol. The van der Waals surface area contributed by atoms with Crippen molar-refractivity contribution in [1.82, 2.24) is 4.31 Å². The molecular weight excluding hydrogens is 288 g/mol. The maximum atomic E-state index is 12.3. The van der Waals surface area contributed by atoms with E-state index in [-0.39, 0.29) is 36.0 Å². The molecule has 0 aliphatic carbocycles. The van der Waals surface area contributed by atoms with E-state index in [1.54, 1.807) is 6.92 Å². The number of nitrogens with zero attached hydrogens (tertiary/aromatic N) is 2. The van der Waals surface area contributed by atoms with E-state index in [0.29, 0.717) is 0 Å². The molecule has 1 aromatic rings. The van der Waals surface area contributed by atoms with Gasteiger partial charge in [-0.15, -0.1) is 0 Å². The molecule has 9 nitrogen and oxygen atoms in total. The summed E-state index contributed by atoms with van der Waals surface area (Å²) in [5.74, 6) is 5.17. The number of nitrogens with two attached hydrogens (primary N) is 1. The molecule has 1 aromatic carbocycles. The summed E-state index contributed by atoms with van der Waals surface area (Å²) in [5, 5.41) is 19.6. The third-order valence-corrected chi connectivity index (χ3v) is 4.63. The minimum atomic E-state index is -3.83. The molecule has 0 aliphatic rings. The summed E-state index contributed by atoms with van der Waals surface area (Å²) in [6.07, 6.45) is 0. The summed E-state index contributed by atoms with van der Waals surface area (Å²) in [5.41, 5.74) is 1.68. The Hall–Kier alpha value is -1.75. The molecule has 0 saturated heterocycles. The second-order valence-corrected chi connectivity index (χ2v) is 5.74. The highest BCUT2D eigenvalue weighted by molar-refractivity contribution is 7.89. The van der Waals surface area contributed by atoms with Crippen LogP contribution in [0.15, 0.2) is 23.1 Å². The fourth-order valence-corrected chi connectivity index (χ4v) is 3.13. The second-order valence-electron chi connectivity index (χ2n) is 3.80. The zero-order valence-corrected chi connectivity index (χ0v) is 11.6. The molecule has 10 heteroatoms. The fraction of sp³-hybridized carbons (Fsp3) is 0.400. The SMILES string of the molecule is CCN(CCO)S(=O)(=O)c1ccc([N+](=O)[O-])c(NN)c1. The van der Waals surface area contributed by atoms with Crippen molar-refractivity contribution in [2.24, 2.45) is 5.84 Å². The first kappa shape index (κ1) is 16.3.